The Kier molecular flexibility index (Phi) is 10.3. The lowest BCUT2D eigenvalue weighted by Crippen LogP contribution is -2.64. The van der Waals surface area contributed by atoms with E-state index in [1.54, 1.807) is 13.8 Å². The highest BCUT2D eigenvalue weighted by Crippen LogP contribution is 2.26. The molecule has 3 rings (SSSR count). The zero-order valence-electron chi connectivity index (χ0n) is 23.3. The van der Waals surface area contributed by atoms with Crippen LogP contribution in [0.5, 0.6) is 5.75 Å². The molecule has 0 radical (unpaired) electrons. The summed E-state index contributed by atoms with van der Waals surface area (Å²) in [7, 11) is 0. The van der Waals surface area contributed by atoms with Crippen LogP contribution in [0.4, 0.5) is 22.0 Å². The number of aliphatic hydroxyl groups excluding tert-OH is 1. The first-order valence-corrected chi connectivity index (χ1v) is 13.1. The van der Waals surface area contributed by atoms with E-state index in [9.17, 15) is 51.3 Å². The molecule has 0 saturated carbocycles. The van der Waals surface area contributed by atoms with Crippen LogP contribution in [0.1, 0.15) is 43.7 Å². The van der Waals surface area contributed by atoms with Crippen LogP contribution in [0.2, 0.25) is 0 Å². The molecule has 1 aromatic carbocycles. The first kappa shape index (κ1) is 33.2. The zero-order chi connectivity index (χ0) is 32.3. The summed E-state index contributed by atoms with van der Waals surface area (Å²) in [5.74, 6) is -17.9. The van der Waals surface area contributed by atoms with Gasteiger partial charge in [0.05, 0.1) is 24.1 Å². The Morgan fingerprint density at radius 1 is 0.930 bits per heavy atom. The maximum atomic E-state index is 14.6. The Morgan fingerprint density at radius 2 is 1.51 bits per heavy atom. The van der Waals surface area contributed by atoms with Gasteiger partial charge < -0.3 is 31.5 Å². The number of benzene rings is 1. The van der Waals surface area contributed by atoms with Gasteiger partial charge in [0.1, 0.15) is 17.8 Å². The Morgan fingerprint density at radius 3 is 2.07 bits per heavy atom. The number of hydrogen-bond donors (Lipinski definition) is 6. The van der Waals surface area contributed by atoms with E-state index in [1.165, 1.54) is 19.2 Å². The van der Waals surface area contributed by atoms with Crippen LogP contribution in [0.25, 0.3) is 0 Å². The SMILES string of the molecule is CC(C)C1NC(=O)C(C)C(O)C(Cc2c(F)c(F)c(F)c(F)c2F)NC(=O)C(NC(=O)c2ncccc2O)C(C)NC1=O. The molecule has 4 amide bonds. The predicted octanol–water partition coefficient (Wildman–Crippen LogP) is 0.965. The third-order valence-corrected chi connectivity index (χ3v) is 7.08. The molecule has 0 spiro atoms. The molecule has 2 aromatic rings. The molecule has 234 valence electrons. The van der Waals surface area contributed by atoms with E-state index in [4.69, 9.17) is 0 Å². The van der Waals surface area contributed by atoms with Gasteiger partial charge in [-0.2, -0.15) is 0 Å². The van der Waals surface area contributed by atoms with Gasteiger partial charge in [-0.15, -0.1) is 0 Å². The fourth-order valence-corrected chi connectivity index (χ4v) is 4.50. The normalized spacial score (nSPS) is 25.2. The maximum Gasteiger partial charge on any atom is 0.274 e. The molecule has 6 unspecified atom stereocenters. The molecule has 1 saturated heterocycles. The monoisotopic (exact) mass is 615 g/mol. The number of nitrogens with one attached hydrogen (secondary N) is 4. The molecule has 0 aliphatic carbocycles. The lowest BCUT2D eigenvalue weighted by atomic mass is 9.90. The third kappa shape index (κ3) is 7.01. The highest BCUT2D eigenvalue weighted by molar-refractivity contribution is 5.98. The predicted molar refractivity (Wildman–Crippen MR) is 139 cm³/mol. The molecule has 1 fully saturated rings. The van der Waals surface area contributed by atoms with Crippen LogP contribution in [0, 0.1) is 40.9 Å². The van der Waals surface area contributed by atoms with E-state index in [0.29, 0.717) is 0 Å². The number of aromatic hydroxyl groups is 1. The second-order valence-corrected chi connectivity index (χ2v) is 10.5. The minimum Gasteiger partial charge on any atom is -0.505 e. The van der Waals surface area contributed by atoms with Crippen LogP contribution in [-0.4, -0.2) is 69.1 Å². The van der Waals surface area contributed by atoms with Crippen molar-refractivity contribution in [2.75, 3.05) is 0 Å². The second-order valence-electron chi connectivity index (χ2n) is 10.5. The number of pyridine rings is 1. The summed E-state index contributed by atoms with van der Waals surface area (Å²) in [4.78, 5) is 56.3. The number of hydrogen-bond acceptors (Lipinski definition) is 7. The van der Waals surface area contributed by atoms with E-state index in [-0.39, 0.29) is 0 Å². The lowest BCUT2D eigenvalue weighted by Gasteiger charge is -2.34. The molecular weight excluding hydrogens is 585 g/mol. The smallest absolute Gasteiger partial charge is 0.274 e. The summed E-state index contributed by atoms with van der Waals surface area (Å²) in [5, 5.41) is 30.5. The summed E-state index contributed by atoms with van der Waals surface area (Å²) in [6.45, 7) is 5.63. The van der Waals surface area contributed by atoms with Gasteiger partial charge in [0.25, 0.3) is 5.91 Å². The Labute approximate surface area is 242 Å². The van der Waals surface area contributed by atoms with Gasteiger partial charge in [-0.1, -0.05) is 20.8 Å². The fourth-order valence-electron chi connectivity index (χ4n) is 4.50. The van der Waals surface area contributed by atoms with Gasteiger partial charge in [-0.05, 0) is 25.0 Å². The van der Waals surface area contributed by atoms with E-state index in [0.717, 1.165) is 13.0 Å². The van der Waals surface area contributed by atoms with Crippen LogP contribution in [0.3, 0.4) is 0 Å². The van der Waals surface area contributed by atoms with Crippen molar-refractivity contribution in [1.29, 1.82) is 0 Å². The van der Waals surface area contributed by atoms with E-state index >= 15 is 0 Å². The van der Waals surface area contributed by atoms with Gasteiger partial charge >= 0.3 is 0 Å². The van der Waals surface area contributed by atoms with Crippen molar-refractivity contribution in [3.8, 4) is 5.75 Å². The standard InChI is InChI=1S/C27H30F5N5O6/c1-9(2)20-25(41)34-11(4)21(37-27(43)22-14(38)6-5-7-33-22)26(42)35-13(23(39)10(3)24(40)36-20)8-12-15(28)17(30)19(32)18(31)16(12)29/h5-7,9-11,13,20-21,23,38-39H,8H2,1-4H3,(H,34,41)(H,35,42)(H,36,40)(H,37,43). The largest absolute Gasteiger partial charge is 0.505 e. The second kappa shape index (κ2) is 13.3. The maximum absolute atomic E-state index is 14.6. The Bertz CT molecular complexity index is 1400. The minimum absolute atomic E-state index is 0.501. The molecule has 16 heteroatoms. The van der Waals surface area contributed by atoms with E-state index < -0.39 is 118 Å². The molecule has 6 N–H and O–H groups in total. The number of aliphatic hydroxyl groups is 1. The summed E-state index contributed by atoms with van der Waals surface area (Å²) >= 11 is 0. The molecule has 11 nitrogen and oxygen atoms in total. The molecule has 6 atom stereocenters. The van der Waals surface area contributed by atoms with Crippen molar-refractivity contribution in [3.63, 3.8) is 0 Å². The molecule has 1 aromatic heterocycles. The molecule has 1 aliphatic rings. The van der Waals surface area contributed by atoms with Gasteiger partial charge in [0.15, 0.2) is 29.0 Å². The summed E-state index contributed by atoms with van der Waals surface area (Å²) in [6.07, 6.45) is -2.00. The van der Waals surface area contributed by atoms with Crippen molar-refractivity contribution >= 4 is 23.6 Å². The van der Waals surface area contributed by atoms with Crippen LogP contribution >= 0.6 is 0 Å². The molecule has 43 heavy (non-hydrogen) atoms. The lowest BCUT2D eigenvalue weighted by molar-refractivity contribution is -0.136. The van der Waals surface area contributed by atoms with Crippen molar-refractivity contribution in [1.82, 2.24) is 26.3 Å². The van der Waals surface area contributed by atoms with Crippen molar-refractivity contribution in [3.05, 3.63) is 58.7 Å². The quantitative estimate of drug-likeness (QED) is 0.165. The van der Waals surface area contributed by atoms with Crippen LogP contribution in [-0.2, 0) is 20.8 Å². The minimum atomic E-state index is -2.42. The highest BCUT2D eigenvalue weighted by Gasteiger charge is 2.40. The Balaban J connectivity index is 2.10. The molecule has 2 heterocycles. The summed E-state index contributed by atoms with van der Waals surface area (Å²) in [6, 6.07) is -3.57. The van der Waals surface area contributed by atoms with Gasteiger partial charge in [0, 0.05) is 18.2 Å². The average Bonchev–Trinajstić information content (AvgIpc) is 2.96. The summed E-state index contributed by atoms with van der Waals surface area (Å²) < 4.78 is 70.7. The van der Waals surface area contributed by atoms with Crippen molar-refractivity contribution in [2.45, 2.75) is 64.4 Å². The van der Waals surface area contributed by atoms with E-state index in [2.05, 4.69) is 26.3 Å². The fraction of sp³-hybridized carbons (Fsp3) is 0.444. The number of aromatic nitrogens is 1. The number of rotatable bonds is 5. The number of carbonyl (C=O) groups excluding carboxylic acids is 4. The molecular formula is C27H30F5N5O6. The third-order valence-electron chi connectivity index (χ3n) is 7.08. The van der Waals surface area contributed by atoms with Gasteiger partial charge in [0.2, 0.25) is 23.5 Å². The Hall–Kier alpha value is -4.34. The first-order chi connectivity index (χ1) is 20.1. The molecule has 1 aliphatic heterocycles. The first-order valence-electron chi connectivity index (χ1n) is 13.1. The average molecular weight is 616 g/mol. The number of carbonyl (C=O) groups is 4. The number of nitrogens with zero attached hydrogens (tertiary/aromatic N) is 1. The summed E-state index contributed by atoms with van der Waals surface area (Å²) in [5.41, 5.74) is -1.88. The van der Waals surface area contributed by atoms with Crippen LogP contribution in [0.15, 0.2) is 18.3 Å². The van der Waals surface area contributed by atoms with Crippen molar-refractivity contribution in [2.24, 2.45) is 11.8 Å². The number of halogens is 5. The van der Waals surface area contributed by atoms with Gasteiger partial charge in [-0.3, -0.25) is 19.2 Å². The van der Waals surface area contributed by atoms with Gasteiger partial charge in [-0.25, -0.2) is 26.9 Å². The zero-order valence-corrected chi connectivity index (χ0v) is 23.3. The molecule has 0 bridgehead atoms. The van der Waals surface area contributed by atoms with Crippen LogP contribution < -0.4 is 21.3 Å². The highest BCUT2D eigenvalue weighted by atomic mass is 19.2. The van der Waals surface area contributed by atoms with Crippen molar-refractivity contribution < 1.29 is 51.3 Å². The topological polar surface area (TPSA) is 170 Å². The number of amides is 4. The van der Waals surface area contributed by atoms with E-state index in [1.807, 2.05) is 0 Å².